The second-order valence-corrected chi connectivity index (χ2v) is 3.06. The number of alkyl halides is 3. The topological polar surface area (TPSA) is 42.4 Å². The molecule has 0 bridgehead atoms. The summed E-state index contributed by atoms with van der Waals surface area (Å²) in [6.45, 7) is 0. The molecule has 1 aromatic heterocycles. The maximum Gasteiger partial charge on any atom is 0.284 e. The highest BCUT2D eigenvalue weighted by Gasteiger charge is 2.18. The van der Waals surface area contributed by atoms with Gasteiger partial charge in [0, 0.05) is 10.9 Å². The number of methoxy groups -OCH3 is 1. The Hall–Kier alpha value is -0.910. The van der Waals surface area contributed by atoms with Gasteiger partial charge in [0.1, 0.15) is 5.75 Å². The number of pyridine rings is 1. The second-order valence-electron chi connectivity index (χ2n) is 2.50. The molecule has 0 saturated carbocycles. The smallest absolute Gasteiger partial charge is 0.284 e. The molecule has 1 heterocycles. The van der Waals surface area contributed by atoms with Gasteiger partial charge in [0.05, 0.1) is 7.11 Å². The van der Waals surface area contributed by atoms with Gasteiger partial charge in [-0.25, -0.2) is 13.8 Å². The van der Waals surface area contributed by atoms with E-state index >= 15 is 0 Å². The number of aromatic nitrogens is 1. The first-order valence-electron chi connectivity index (χ1n) is 3.71. The van der Waals surface area contributed by atoms with Crippen molar-refractivity contribution in [1.29, 1.82) is 0 Å². The van der Waals surface area contributed by atoms with Gasteiger partial charge in [0.25, 0.3) is 6.43 Å². The number of rotatable bonds is 3. The molecule has 3 nitrogen and oxygen atoms in total. The minimum atomic E-state index is -2.81. The van der Waals surface area contributed by atoms with Gasteiger partial charge in [-0.3, -0.25) is 0 Å². The Balaban J connectivity index is 3.23. The number of hydrogen-bond acceptors (Lipinski definition) is 3. The molecule has 1 aromatic rings. The molecule has 78 valence electrons. The maximum absolute atomic E-state index is 12.3. The molecule has 0 spiro atoms. The molecule has 0 saturated heterocycles. The SMILES string of the molecule is COc1nc(C(F)F)c(O)cc1CBr. The van der Waals surface area contributed by atoms with E-state index in [0.29, 0.717) is 10.9 Å². The van der Waals surface area contributed by atoms with Crippen LogP contribution in [0.15, 0.2) is 6.07 Å². The van der Waals surface area contributed by atoms with Crippen molar-refractivity contribution in [2.45, 2.75) is 11.8 Å². The highest BCUT2D eigenvalue weighted by atomic mass is 79.9. The lowest BCUT2D eigenvalue weighted by Gasteiger charge is -2.08. The van der Waals surface area contributed by atoms with Crippen LogP contribution in [0.3, 0.4) is 0 Å². The van der Waals surface area contributed by atoms with Crippen molar-refractivity contribution in [3.05, 3.63) is 17.3 Å². The highest BCUT2D eigenvalue weighted by molar-refractivity contribution is 9.08. The quantitative estimate of drug-likeness (QED) is 0.857. The van der Waals surface area contributed by atoms with E-state index in [1.54, 1.807) is 0 Å². The minimum Gasteiger partial charge on any atom is -0.506 e. The fraction of sp³-hybridized carbons (Fsp3) is 0.375. The Kier molecular flexibility index (Phi) is 3.62. The fourth-order valence-electron chi connectivity index (χ4n) is 0.972. The Labute approximate surface area is 87.9 Å². The molecule has 1 N–H and O–H groups in total. The molecule has 1 rings (SSSR count). The van der Waals surface area contributed by atoms with Crippen molar-refractivity contribution in [2.75, 3.05) is 7.11 Å². The van der Waals surface area contributed by atoms with E-state index in [1.165, 1.54) is 13.2 Å². The first-order valence-corrected chi connectivity index (χ1v) is 4.83. The molecule has 0 aliphatic heterocycles. The molecular formula is C8H8BrF2NO2. The Bertz CT molecular complexity index is 333. The molecule has 6 heteroatoms. The van der Waals surface area contributed by atoms with Crippen LogP contribution in [0.2, 0.25) is 0 Å². The summed E-state index contributed by atoms with van der Waals surface area (Å²) in [6, 6.07) is 1.21. The van der Waals surface area contributed by atoms with Crippen molar-refractivity contribution in [1.82, 2.24) is 4.98 Å². The average molecular weight is 268 g/mol. The van der Waals surface area contributed by atoms with Crippen molar-refractivity contribution in [2.24, 2.45) is 0 Å². The van der Waals surface area contributed by atoms with Crippen LogP contribution in [0.5, 0.6) is 11.6 Å². The van der Waals surface area contributed by atoms with Crippen LogP contribution >= 0.6 is 15.9 Å². The van der Waals surface area contributed by atoms with E-state index in [4.69, 9.17) is 4.74 Å². The summed E-state index contributed by atoms with van der Waals surface area (Å²) in [5.41, 5.74) is -0.138. The third-order valence-corrected chi connectivity index (χ3v) is 2.22. The summed E-state index contributed by atoms with van der Waals surface area (Å²) < 4.78 is 29.4. The van der Waals surface area contributed by atoms with Crippen LogP contribution in [-0.4, -0.2) is 17.2 Å². The molecule has 0 aliphatic carbocycles. The zero-order chi connectivity index (χ0) is 10.7. The summed E-state index contributed by atoms with van der Waals surface area (Å²) in [6.07, 6.45) is -2.81. The molecule has 0 atom stereocenters. The van der Waals surface area contributed by atoms with Gasteiger partial charge < -0.3 is 9.84 Å². The fourth-order valence-corrected chi connectivity index (χ4v) is 1.37. The van der Waals surface area contributed by atoms with E-state index in [1.807, 2.05) is 0 Å². The van der Waals surface area contributed by atoms with Crippen LogP contribution in [0.25, 0.3) is 0 Å². The average Bonchev–Trinajstić information content (AvgIpc) is 2.16. The van der Waals surface area contributed by atoms with Crippen molar-refractivity contribution in [3.63, 3.8) is 0 Å². The van der Waals surface area contributed by atoms with E-state index in [0.717, 1.165) is 0 Å². The molecule has 0 aliphatic rings. The summed E-state index contributed by atoms with van der Waals surface area (Å²) >= 11 is 3.13. The van der Waals surface area contributed by atoms with Crippen LogP contribution in [0.1, 0.15) is 17.7 Å². The van der Waals surface area contributed by atoms with Gasteiger partial charge in [-0.1, -0.05) is 15.9 Å². The van der Waals surface area contributed by atoms with Gasteiger partial charge in [0.2, 0.25) is 5.88 Å². The summed E-state index contributed by atoms with van der Waals surface area (Å²) in [4.78, 5) is 3.51. The molecule has 0 radical (unpaired) electrons. The van der Waals surface area contributed by atoms with Crippen molar-refractivity contribution >= 4 is 15.9 Å². The molecule has 0 fully saturated rings. The van der Waals surface area contributed by atoms with Crippen molar-refractivity contribution < 1.29 is 18.6 Å². The van der Waals surface area contributed by atoms with Crippen LogP contribution in [0, 0.1) is 0 Å². The molecule has 0 unspecified atom stereocenters. The number of hydrogen-bond donors (Lipinski definition) is 1. The second kappa shape index (κ2) is 4.54. The third kappa shape index (κ3) is 2.12. The summed E-state index contributed by atoms with van der Waals surface area (Å²) in [7, 11) is 1.33. The highest BCUT2D eigenvalue weighted by Crippen LogP contribution is 2.31. The molecule has 0 amide bonds. The Morgan fingerprint density at radius 1 is 1.64 bits per heavy atom. The third-order valence-electron chi connectivity index (χ3n) is 1.61. The lowest BCUT2D eigenvalue weighted by molar-refractivity contribution is 0.140. The van der Waals surface area contributed by atoms with Crippen LogP contribution in [-0.2, 0) is 5.33 Å². The van der Waals surface area contributed by atoms with Gasteiger partial charge in [-0.05, 0) is 6.07 Å². The van der Waals surface area contributed by atoms with Crippen LogP contribution < -0.4 is 4.74 Å². The standard InChI is InChI=1S/C8H8BrF2NO2/c1-14-8-4(3-9)2-5(13)6(12-8)7(10)11/h2,7,13H,3H2,1H3. The van der Waals surface area contributed by atoms with Crippen molar-refractivity contribution in [3.8, 4) is 11.6 Å². The van der Waals surface area contributed by atoms with Gasteiger partial charge in [-0.2, -0.15) is 0 Å². The predicted molar refractivity (Wildman–Crippen MR) is 50.0 cm³/mol. The number of aromatic hydroxyl groups is 1. The first-order chi connectivity index (χ1) is 6.60. The largest absolute Gasteiger partial charge is 0.506 e. The van der Waals surface area contributed by atoms with E-state index in [2.05, 4.69) is 20.9 Å². The zero-order valence-corrected chi connectivity index (χ0v) is 8.88. The maximum atomic E-state index is 12.3. The van der Waals surface area contributed by atoms with E-state index < -0.39 is 17.9 Å². The minimum absolute atomic E-state index is 0.0926. The predicted octanol–water partition coefficient (Wildman–Crippen LogP) is 2.63. The lowest BCUT2D eigenvalue weighted by Crippen LogP contribution is -1.98. The molecule has 14 heavy (non-hydrogen) atoms. The lowest BCUT2D eigenvalue weighted by atomic mass is 10.2. The molecular weight excluding hydrogens is 260 g/mol. The van der Waals surface area contributed by atoms with Gasteiger partial charge in [0.15, 0.2) is 5.69 Å². The van der Waals surface area contributed by atoms with Crippen LogP contribution in [0.4, 0.5) is 8.78 Å². The monoisotopic (exact) mass is 267 g/mol. The van der Waals surface area contributed by atoms with E-state index in [-0.39, 0.29) is 5.88 Å². The van der Waals surface area contributed by atoms with Gasteiger partial charge in [-0.15, -0.1) is 0 Å². The number of halogens is 3. The normalized spacial score (nSPS) is 10.6. The number of nitrogens with zero attached hydrogens (tertiary/aromatic N) is 1. The molecule has 0 aromatic carbocycles. The Morgan fingerprint density at radius 3 is 2.71 bits per heavy atom. The van der Waals surface area contributed by atoms with E-state index in [9.17, 15) is 13.9 Å². The Morgan fingerprint density at radius 2 is 2.29 bits per heavy atom. The van der Waals surface area contributed by atoms with Gasteiger partial charge >= 0.3 is 0 Å². The first kappa shape index (κ1) is 11.2. The zero-order valence-electron chi connectivity index (χ0n) is 7.30. The summed E-state index contributed by atoms with van der Waals surface area (Å²) in [5.74, 6) is -0.426. The number of ether oxygens (including phenoxy) is 1. The summed E-state index contributed by atoms with van der Waals surface area (Å²) in [5, 5.41) is 9.57.